The van der Waals surface area contributed by atoms with Gasteiger partial charge < -0.3 is 9.32 Å². The third-order valence-corrected chi connectivity index (χ3v) is 6.82. The normalized spacial score (nSPS) is 11.3. The molecule has 0 saturated heterocycles. The Bertz CT molecular complexity index is 1780. The highest BCUT2D eigenvalue weighted by molar-refractivity contribution is 6.26. The molecule has 0 atom stereocenters. The average molecular weight is 462 g/mol. The summed E-state index contributed by atoms with van der Waals surface area (Å²) >= 11 is 0. The van der Waals surface area contributed by atoms with Crippen LogP contribution in [-0.4, -0.2) is 0 Å². The van der Waals surface area contributed by atoms with Gasteiger partial charge in [-0.2, -0.15) is 0 Å². The van der Waals surface area contributed by atoms with E-state index in [9.17, 15) is 0 Å². The zero-order chi connectivity index (χ0) is 23.9. The van der Waals surface area contributed by atoms with E-state index < -0.39 is 0 Å². The number of furan rings is 1. The second-order valence-corrected chi connectivity index (χ2v) is 8.97. The maximum Gasteiger partial charge on any atom is 0.143 e. The van der Waals surface area contributed by atoms with Crippen molar-refractivity contribution in [3.8, 4) is 11.1 Å². The second kappa shape index (κ2) is 8.44. The lowest BCUT2D eigenvalue weighted by molar-refractivity contribution is 0.670. The lowest BCUT2D eigenvalue weighted by Crippen LogP contribution is -2.09. The van der Waals surface area contributed by atoms with Gasteiger partial charge in [0.2, 0.25) is 0 Å². The molecule has 0 N–H and O–H groups in total. The van der Waals surface area contributed by atoms with E-state index in [-0.39, 0.29) is 0 Å². The maximum absolute atomic E-state index is 6.68. The van der Waals surface area contributed by atoms with E-state index in [1.807, 2.05) is 0 Å². The van der Waals surface area contributed by atoms with Gasteiger partial charge in [-0.15, -0.1) is 0 Å². The van der Waals surface area contributed by atoms with Crippen LogP contribution in [0.3, 0.4) is 0 Å². The van der Waals surface area contributed by atoms with Crippen LogP contribution < -0.4 is 4.90 Å². The van der Waals surface area contributed by atoms with E-state index in [0.717, 1.165) is 50.1 Å². The Morgan fingerprint density at radius 3 is 1.81 bits per heavy atom. The molecular formula is C34H23NO. The third-order valence-electron chi connectivity index (χ3n) is 6.82. The van der Waals surface area contributed by atoms with Crippen molar-refractivity contribution in [1.29, 1.82) is 0 Å². The monoisotopic (exact) mass is 461 g/mol. The predicted molar refractivity (Wildman–Crippen MR) is 151 cm³/mol. The molecule has 2 nitrogen and oxygen atoms in total. The summed E-state index contributed by atoms with van der Waals surface area (Å²) in [5.41, 5.74) is 7.37. The Morgan fingerprint density at radius 2 is 1.11 bits per heavy atom. The van der Waals surface area contributed by atoms with Crippen LogP contribution in [0.25, 0.3) is 43.8 Å². The summed E-state index contributed by atoms with van der Waals surface area (Å²) in [7, 11) is 0. The molecule has 0 radical (unpaired) electrons. The Hall–Kier alpha value is -4.82. The minimum Gasteiger partial charge on any atom is -0.455 e. The summed E-state index contributed by atoms with van der Waals surface area (Å²) in [5, 5.41) is 4.66. The fourth-order valence-corrected chi connectivity index (χ4v) is 5.25. The average Bonchev–Trinajstić information content (AvgIpc) is 3.35. The molecule has 0 saturated carbocycles. The summed E-state index contributed by atoms with van der Waals surface area (Å²) in [5.74, 6) is 0. The minimum atomic E-state index is 0.882. The quantitative estimate of drug-likeness (QED) is 0.259. The summed E-state index contributed by atoms with van der Waals surface area (Å²) in [6.07, 6.45) is 0. The van der Waals surface area contributed by atoms with Crippen LogP contribution in [0.2, 0.25) is 0 Å². The van der Waals surface area contributed by atoms with E-state index >= 15 is 0 Å². The van der Waals surface area contributed by atoms with Crippen LogP contribution >= 0.6 is 0 Å². The topological polar surface area (TPSA) is 16.4 Å². The van der Waals surface area contributed by atoms with Crippen LogP contribution in [0.5, 0.6) is 0 Å². The first-order chi connectivity index (χ1) is 17.9. The van der Waals surface area contributed by atoms with Crippen molar-refractivity contribution in [3.05, 3.63) is 140 Å². The van der Waals surface area contributed by atoms with Crippen molar-refractivity contribution in [2.45, 2.75) is 0 Å². The molecule has 36 heavy (non-hydrogen) atoms. The Kier molecular flexibility index (Phi) is 4.82. The highest BCUT2D eigenvalue weighted by Crippen LogP contribution is 2.47. The first kappa shape index (κ1) is 20.5. The number of fused-ring (bicyclic) bond motifs is 5. The third kappa shape index (κ3) is 3.27. The summed E-state index contributed by atoms with van der Waals surface area (Å²) in [4.78, 5) is 2.32. The van der Waals surface area contributed by atoms with Gasteiger partial charge >= 0.3 is 0 Å². The van der Waals surface area contributed by atoms with Gasteiger partial charge in [-0.1, -0.05) is 97.1 Å². The molecule has 0 amide bonds. The molecule has 2 heteroatoms. The molecule has 0 aliphatic heterocycles. The number of rotatable bonds is 4. The number of para-hydroxylation sites is 2. The van der Waals surface area contributed by atoms with E-state index in [4.69, 9.17) is 4.42 Å². The molecule has 0 bridgehead atoms. The molecule has 0 aliphatic rings. The molecule has 7 rings (SSSR count). The van der Waals surface area contributed by atoms with Crippen LogP contribution in [0.4, 0.5) is 17.1 Å². The highest BCUT2D eigenvalue weighted by atomic mass is 16.3. The molecule has 7 aromatic rings. The van der Waals surface area contributed by atoms with Gasteiger partial charge in [-0.3, -0.25) is 0 Å². The van der Waals surface area contributed by atoms with Crippen molar-refractivity contribution in [2.75, 3.05) is 4.90 Å². The summed E-state index contributed by atoms with van der Waals surface area (Å²) < 4.78 is 6.68. The summed E-state index contributed by atoms with van der Waals surface area (Å²) in [6.45, 7) is 0. The summed E-state index contributed by atoms with van der Waals surface area (Å²) in [6, 6.07) is 48.8. The SMILES string of the molecule is c1ccc(-c2cc3ccccc3c3c2oc2cccc(N(c4ccccc4)c4ccccc4)c23)cc1. The van der Waals surface area contributed by atoms with Crippen molar-refractivity contribution < 1.29 is 4.42 Å². The molecule has 6 aromatic carbocycles. The number of hydrogen-bond donors (Lipinski definition) is 0. The molecule has 0 aliphatic carbocycles. The molecular weight excluding hydrogens is 438 g/mol. The lowest BCUT2D eigenvalue weighted by atomic mass is 9.96. The van der Waals surface area contributed by atoms with Gasteiger partial charge in [-0.05, 0) is 58.8 Å². The van der Waals surface area contributed by atoms with Gasteiger partial charge in [0.25, 0.3) is 0 Å². The van der Waals surface area contributed by atoms with Crippen LogP contribution in [0, 0.1) is 0 Å². The fraction of sp³-hybridized carbons (Fsp3) is 0. The van der Waals surface area contributed by atoms with Crippen molar-refractivity contribution >= 4 is 49.8 Å². The highest BCUT2D eigenvalue weighted by Gasteiger charge is 2.22. The number of anilines is 3. The molecule has 1 aromatic heterocycles. The van der Waals surface area contributed by atoms with E-state index in [2.05, 4.69) is 144 Å². The predicted octanol–water partition coefficient (Wildman–Crippen LogP) is 9.88. The molecule has 170 valence electrons. The Labute approximate surface area is 209 Å². The zero-order valence-corrected chi connectivity index (χ0v) is 19.6. The van der Waals surface area contributed by atoms with Gasteiger partial charge in [0.1, 0.15) is 11.2 Å². The Balaban J connectivity index is 1.63. The van der Waals surface area contributed by atoms with E-state index in [1.165, 1.54) is 10.8 Å². The Morgan fingerprint density at radius 1 is 0.500 bits per heavy atom. The van der Waals surface area contributed by atoms with E-state index in [0.29, 0.717) is 0 Å². The minimum absolute atomic E-state index is 0.882. The van der Waals surface area contributed by atoms with Gasteiger partial charge in [0, 0.05) is 22.3 Å². The second-order valence-electron chi connectivity index (χ2n) is 8.97. The van der Waals surface area contributed by atoms with Crippen molar-refractivity contribution in [1.82, 2.24) is 0 Å². The van der Waals surface area contributed by atoms with Gasteiger partial charge in [0.15, 0.2) is 0 Å². The maximum atomic E-state index is 6.68. The molecule has 1 heterocycles. The van der Waals surface area contributed by atoms with E-state index in [1.54, 1.807) is 0 Å². The standard InChI is InChI=1S/C34H23NO/c1-4-13-24(14-5-1)29-23-25-15-10-11-20-28(25)32-33-30(21-12-22-31(33)36-34(29)32)35(26-16-6-2-7-17-26)27-18-8-3-9-19-27/h1-23H. The smallest absolute Gasteiger partial charge is 0.143 e. The first-order valence-electron chi connectivity index (χ1n) is 12.2. The molecule has 0 unspecified atom stereocenters. The molecule has 0 fully saturated rings. The largest absolute Gasteiger partial charge is 0.455 e. The zero-order valence-electron chi connectivity index (χ0n) is 19.6. The number of hydrogen-bond acceptors (Lipinski definition) is 2. The number of nitrogens with zero attached hydrogens (tertiary/aromatic N) is 1. The van der Waals surface area contributed by atoms with Crippen molar-refractivity contribution in [3.63, 3.8) is 0 Å². The van der Waals surface area contributed by atoms with Crippen LogP contribution in [0.1, 0.15) is 0 Å². The lowest BCUT2D eigenvalue weighted by Gasteiger charge is -2.26. The van der Waals surface area contributed by atoms with Gasteiger partial charge in [0.05, 0.1) is 11.1 Å². The van der Waals surface area contributed by atoms with Crippen molar-refractivity contribution in [2.24, 2.45) is 0 Å². The molecule has 0 spiro atoms. The van der Waals surface area contributed by atoms with Gasteiger partial charge in [-0.25, -0.2) is 0 Å². The van der Waals surface area contributed by atoms with Crippen LogP contribution in [0.15, 0.2) is 144 Å². The number of benzene rings is 6. The first-order valence-corrected chi connectivity index (χ1v) is 12.2. The fourth-order valence-electron chi connectivity index (χ4n) is 5.25. The van der Waals surface area contributed by atoms with Crippen LogP contribution in [-0.2, 0) is 0 Å².